The lowest BCUT2D eigenvalue weighted by Gasteiger charge is -2.16. The van der Waals surface area contributed by atoms with E-state index < -0.39 is 0 Å². The number of carbonyl (C=O) groups excluding carboxylic acids is 1. The molecular formula is C21H40O2. The van der Waals surface area contributed by atoms with Crippen molar-refractivity contribution in [3.05, 3.63) is 12.2 Å². The topological polar surface area (TPSA) is 26.3 Å². The van der Waals surface area contributed by atoms with Gasteiger partial charge in [0, 0.05) is 5.57 Å². The lowest BCUT2D eigenvalue weighted by Crippen LogP contribution is -2.14. The zero-order valence-electron chi connectivity index (χ0n) is 16.0. The number of hydrogen-bond acceptors (Lipinski definition) is 2. The molecule has 0 radical (unpaired) electrons. The van der Waals surface area contributed by atoms with Gasteiger partial charge in [-0.3, -0.25) is 0 Å². The molecule has 0 saturated carbocycles. The minimum absolute atomic E-state index is 0.242. The molecule has 1 atom stereocenters. The molecule has 0 aliphatic carbocycles. The summed E-state index contributed by atoms with van der Waals surface area (Å²) in [5, 5.41) is 0. The molecule has 0 saturated heterocycles. The van der Waals surface area contributed by atoms with Crippen molar-refractivity contribution in [3.63, 3.8) is 0 Å². The predicted molar refractivity (Wildman–Crippen MR) is 101 cm³/mol. The number of hydrogen-bond donors (Lipinski definition) is 0. The van der Waals surface area contributed by atoms with E-state index in [1.165, 1.54) is 70.6 Å². The van der Waals surface area contributed by atoms with Gasteiger partial charge in [-0.1, -0.05) is 91.1 Å². The SMILES string of the molecule is C=C(C)C(=O)OCC(CCC)CCCCCCCCCCCC. The summed E-state index contributed by atoms with van der Waals surface area (Å²) in [7, 11) is 0. The van der Waals surface area contributed by atoms with Crippen LogP contribution in [-0.2, 0) is 9.53 Å². The summed E-state index contributed by atoms with van der Waals surface area (Å²) in [6, 6.07) is 0. The molecule has 0 heterocycles. The smallest absolute Gasteiger partial charge is 0.333 e. The molecule has 1 unspecified atom stereocenters. The third-order valence-corrected chi connectivity index (χ3v) is 4.46. The largest absolute Gasteiger partial charge is 0.462 e. The van der Waals surface area contributed by atoms with Crippen molar-refractivity contribution in [1.29, 1.82) is 0 Å². The first-order chi connectivity index (χ1) is 11.1. The second-order valence-electron chi connectivity index (χ2n) is 7.00. The fraction of sp³-hybridized carbons (Fsp3) is 0.857. The molecule has 2 heteroatoms. The van der Waals surface area contributed by atoms with Gasteiger partial charge >= 0.3 is 5.97 Å². The van der Waals surface area contributed by atoms with E-state index in [0.717, 1.165) is 12.8 Å². The Kier molecular flexibility index (Phi) is 15.5. The summed E-state index contributed by atoms with van der Waals surface area (Å²) in [5.74, 6) is 0.284. The van der Waals surface area contributed by atoms with Gasteiger partial charge in [0.25, 0.3) is 0 Å². The monoisotopic (exact) mass is 324 g/mol. The summed E-state index contributed by atoms with van der Waals surface area (Å²) in [6.07, 6.45) is 17.2. The van der Waals surface area contributed by atoms with E-state index in [4.69, 9.17) is 4.74 Å². The Morgan fingerprint density at radius 1 is 0.826 bits per heavy atom. The van der Waals surface area contributed by atoms with Crippen molar-refractivity contribution in [2.75, 3.05) is 6.61 Å². The first kappa shape index (κ1) is 22.2. The average molecular weight is 325 g/mol. The Morgan fingerprint density at radius 2 is 1.35 bits per heavy atom. The highest BCUT2D eigenvalue weighted by Gasteiger charge is 2.11. The fourth-order valence-electron chi connectivity index (χ4n) is 2.96. The van der Waals surface area contributed by atoms with Crippen molar-refractivity contribution in [1.82, 2.24) is 0 Å². The maximum Gasteiger partial charge on any atom is 0.333 e. The Morgan fingerprint density at radius 3 is 1.83 bits per heavy atom. The Balaban J connectivity index is 3.56. The van der Waals surface area contributed by atoms with Gasteiger partial charge in [0.1, 0.15) is 0 Å². The maximum atomic E-state index is 11.5. The van der Waals surface area contributed by atoms with Crippen molar-refractivity contribution in [3.8, 4) is 0 Å². The van der Waals surface area contributed by atoms with E-state index in [2.05, 4.69) is 20.4 Å². The fourth-order valence-corrected chi connectivity index (χ4v) is 2.96. The number of rotatable bonds is 16. The lowest BCUT2D eigenvalue weighted by atomic mass is 9.96. The van der Waals surface area contributed by atoms with Crippen molar-refractivity contribution in [2.24, 2.45) is 5.92 Å². The van der Waals surface area contributed by atoms with Crippen LogP contribution in [0.2, 0.25) is 0 Å². The van der Waals surface area contributed by atoms with E-state index in [0.29, 0.717) is 18.1 Å². The summed E-state index contributed by atoms with van der Waals surface area (Å²) < 4.78 is 5.32. The minimum Gasteiger partial charge on any atom is -0.462 e. The molecule has 0 aliphatic heterocycles. The van der Waals surface area contributed by atoms with Crippen LogP contribution in [0.5, 0.6) is 0 Å². The Bertz CT molecular complexity index is 296. The molecule has 2 nitrogen and oxygen atoms in total. The summed E-state index contributed by atoms with van der Waals surface area (Å²) in [4.78, 5) is 11.5. The van der Waals surface area contributed by atoms with Gasteiger partial charge in [0.05, 0.1) is 6.61 Å². The second kappa shape index (κ2) is 16.1. The molecule has 136 valence electrons. The highest BCUT2D eigenvalue weighted by Crippen LogP contribution is 2.18. The van der Waals surface area contributed by atoms with E-state index in [-0.39, 0.29) is 5.97 Å². The molecule has 23 heavy (non-hydrogen) atoms. The zero-order chi connectivity index (χ0) is 17.3. The molecule has 0 spiro atoms. The third kappa shape index (κ3) is 14.5. The number of carbonyl (C=O) groups is 1. The van der Waals surface area contributed by atoms with Gasteiger partial charge in [-0.15, -0.1) is 0 Å². The van der Waals surface area contributed by atoms with Gasteiger partial charge in [0.2, 0.25) is 0 Å². The summed E-state index contributed by atoms with van der Waals surface area (Å²) >= 11 is 0. The zero-order valence-corrected chi connectivity index (χ0v) is 16.0. The van der Waals surface area contributed by atoms with E-state index in [1.54, 1.807) is 6.92 Å². The van der Waals surface area contributed by atoms with Gasteiger partial charge in [-0.05, 0) is 25.7 Å². The van der Waals surface area contributed by atoms with Crippen LogP contribution in [0.15, 0.2) is 12.2 Å². The van der Waals surface area contributed by atoms with Crippen molar-refractivity contribution < 1.29 is 9.53 Å². The van der Waals surface area contributed by atoms with Crippen molar-refractivity contribution in [2.45, 2.75) is 104 Å². The number of unbranched alkanes of at least 4 members (excludes halogenated alkanes) is 9. The van der Waals surface area contributed by atoms with Crippen molar-refractivity contribution >= 4 is 5.97 Å². The van der Waals surface area contributed by atoms with Crippen LogP contribution in [0.25, 0.3) is 0 Å². The van der Waals surface area contributed by atoms with E-state index in [1.807, 2.05) is 0 Å². The quantitative estimate of drug-likeness (QED) is 0.177. The van der Waals surface area contributed by atoms with Gasteiger partial charge in [0.15, 0.2) is 0 Å². The molecule has 0 aromatic heterocycles. The van der Waals surface area contributed by atoms with Crippen LogP contribution < -0.4 is 0 Å². The molecule has 0 N–H and O–H groups in total. The van der Waals surface area contributed by atoms with Crippen LogP contribution in [0, 0.1) is 5.92 Å². The van der Waals surface area contributed by atoms with Crippen LogP contribution in [-0.4, -0.2) is 12.6 Å². The normalized spacial score (nSPS) is 12.1. The van der Waals surface area contributed by atoms with Crippen LogP contribution in [0.4, 0.5) is 0 Å². The maximum absolute atomic E-state index is 11.5. The van der Waals surface area contributed by atoms with E-state index >= 15 is 0 Å². The molecular weight excluding hydrogens is 284 g/mol. The van der Waals surface area contributed by atoms with Crippen LogP contribution >= 0.6 is 0 Å². The average Bonchev–Trinajstić information content (AvgIpc) is 2.53. The molecule has 0 fully saturated rings. The molecule has 0 bridgehead atoms. The highest BCUT2D eigenvalue weighted by molar-refractivity contribution is 5.86. The lowest BCUT2D eigenvalue weighted by molar-refractivity contribution is -0.140. The minimum atomic E-state index is -0.242. The molecule has 0 amide bonds. The summed E-state index contributed by atoms with van der Waals surface area (Å²) in [5.41, 5.74) is 0.499. The van der Waals surface area contributed by atoms with Gasteiger partial charge < -0.3 is 4.74 Å². The highest BCUT2D eigenvalue weighted by atomic mass is 16.5. The Labute approximate surface area is 145 Å². The first-order valence-corrected chi connectivity index (χ1v) is 9.94. The summed E-state index contributed by atoms with van der Waals surface area (Å²) in [6.45, 7) is 10.4. The van der Waals surface area contributed by atoms with Gasteiger partial charge in [-0.25, -0.2) is 4.79 Å². The predicted octanol–water partition coefficient (Wildman–Crippen LogP) is 6.83. The molecule has 0 aliphatic rings. The number of ether oxygens (including phenoxy) is 1. The first-order valence-electron chi connectivity index (χ1n) is 9.94. The standard InChI is InChI=1S/C21H40O2/c1-5-7-8-9-10-11-12-13-14-15-17-20(16-6-2)18-23-21(22)19(3)4/h20H,3,5-18H2,1-2,4H3. The molecule has 0 rings (SSSR count). The Hall–Kier alpha value is -0.790. The van der Waals surface area contributed by atoms with E-state index in [9.17, 15) is 4.79 Å². The second-order valence-corrected chi connectivity index (χ2v) is 7.00. The third-order valence-electron chi connectivity index (χ3n) is 4.46. The van der Waals surface area contributed by atoms with Gasteiger partial charge in [-0.2, -0.15) is 0 Å². The van der Waals surface area contributed by atoms with Crippen LogP contribution in [0.3, 0.4) is 0 Å². The van der Waals surface area contributed by atoms with Crippen LogP contribution in [0.1, 0.15) is 104 Å². The molecule has 0 aromatic rings. The number of esters is 1. The molecule has 0 aromatic carbocycles.